The van der Waals surface area contributed by atoms with Crippen LogP contribution in [0.4, 0.5) is 9.52 Å². The molecule has 4 rings (SSSR count). The van der Waals surface area contributed by atoms with Gasteiger partial charge < -0.3 is 0 Å². The molecule has 0 bridgehead atoms. The average Bonchev–Trinajstić information content (AvgIpc) is 3.31. The summed E-state index contributed by atoms with van der Waals surface area (Å²) in [7, 11) is 0. The molecule has 0 saturated carbocycles. The predicted molar refractivity (Wildman–Crippen MR) is 109 cm³/mol. The van der Waals surface area contributed by atoms with Crippen LogP contribution in [0.5, 0.6) is 0 Å². The fraction of sp³-hybridized carbons (Fsp3) is 0.263. The van der Waals surface area contributed by atoms with Crippen molar-refractivity contribution in [1.29, 1.82) is 0 Å². The third kappa shape index (κ3) is 3.85. The zero-order chi connectivity index (χ0) is 19.5. The second-order valence-corrected chi connectivity index (χ2v) is 8.54. The van der Waals surface area contributed by atoms with Gasteiger partial charge in [-0.2, -0.15) is 5.10 Å². The molecule has 144 valence electrons. The van der Waals surface area contributed by atoms with Gasteiger partial charge in [0, 0.05) is 17.0 Å². The molecule has 28 heavy (non-hydrogen) atoms. The highest BCUT2D eigenvalue weighted by Crippen LogP contribution is 2.29. The largest absolute Gasteiger partial charge is 0.295 e. The van der Waals surface area contributed by atoms with Crippen molar-refractivity contribution < 1.29 is 9.18 Å². The maximum absolute atomic E-state index is 13.3. The third-order valence-electron chi connectivity index (χ3n) is 4.42. The molecule has 9 heteroatoms. The molecule has 0 aliphatic heterocycles. The third-order valence-corrected chi connectivity index (χ3v) is 6.39. The first kappa shape index (κ1) is 18.8. The minimum atomic E-state index is -0.302. The van der Waals surface area contributed by atoms with Crippen molar-refractivity contribution in [2.45, 2.75) is 30.0 Å². The normalized spacial score (nSPS) is 13.2. The standard InChI is InChI=1S/C19H18FN5OS2/c1-2-11-27-19-23-22-18(28-19)21-17(26)16-14-5-3-4-6-15(14)25(24-16)13-9-7-12(20)8-10-13/h2,7-10H,1,3-6,11H2,(H,21,22,26). The first-order chi connectivity index (χ1) is 13.7. The first-order valence-corrected chi connectivity index (χ1v) is 10.7. The van der Waals surface area contributed by atoms with Crippen LogP contribution in [-0.2, 0) is 12.8 Å². The number of carbonyl (C=O) groups excluding carboxylic acids is 1. The molecule has 1 N–H and O–H groups in total. The summed E-state index contributed by atoms with van der Waals surface area (Å²) in [5, 5.41) is 15.9. The summed E-state index contributed by atoms with van der Waals surface area (Å²) in [6, 6.07) is 6.14. The molecular formula is C19H18FN5OS2. The van der Waals surface area contributed by atoms with Crippen molar-refractivity contribution in [3.05, 3.63) is 59.7 Å². The Hall–Kier alpha value is -2.52. The molecule has 0 atom stereocenters. The van der Waals surface area contributed by atoms with E-state index in [1.165, 1.54) is 35.2 Å². The number of halogens is 1. The number of hydrogen-bond acceptors (Lipinski definition) is 6. The molecule has 0 fully saturated rings. The summed E-state index contributed by atoms with van der Waals surface area (Å²) in [6.45, 7) is 3.68. The average molecular weight is 416 g/mol. The number of benzene rings is 1. The Balaban J connectivity index is 1.62. The van der Waals surface area contributed by atoms with Gasteiger partial charge in [-0.25, -0.2) is 9.07 Å². The van der Waals surface area contributed by atoms with E-state index in [0.29, 0.717) is 10.8 Å². The van der Waals surface area contributed by atoms with E-state index in [4.69, 9.17) is 0 Å². The lowest BCUT2D eigenvalue weighted by atomic mass is 9.95. The number of anilines is 1. The van der Waals surface area contributed by atoms with Gasteiger partial charge in [-0.1, -0.05) is 29.2 Å². The molecule has 2 aromatic heterocycles. The van der Waals surface area contributed by atoms with Crippen molar-refractivity contribution in [2.24, 2.45) is 0 Å². The van der Waals surface area contributed by atoms with Gasteiger partial charge in [-0.15, -0.1) is 16.8 Å². The number of nitrogens with one attached hydrogen (secondary N) is 1. The van der Waals surface area contributed by atoms with Crippen LogP contribution in [0.1, 0.15) is 34.6 Å². The van der Waals surface area contributed by atoms with E-state index < -0.39 is 0 Å². The van der Waals surface area contributed by atoms with E-state index in [1.54, 1.807) is 22.9 Å². The Bertz CT molecular complexity index is 1010. The molecule has 0 saturated heterocycles. The molecule has 1 amide bonds. The number of thioether (sulfide) groups is 1. The van der Waals surface area contributed by atoms with E-state index in [9.17, 15) is 9.18 Å². The van der Waals surface area contributed by atoms with Gasteiger partial charge >= 0.3 is 0 Å². The van der Waals surface area contributed by atoms with E-state index in [2.05, 4.69) is 27.2 Å². The number of amides is 1. The number of hydrogen-bond donors (Lipinski definition) is 1. The molecule has 0 spiro atoms. The number of fused-ring (bicyclic) bond motifs is 1. The fourth-order valence-electron chi connectivity index (χ4n) is 3.18. The zero-order valence-electron chi connectivity index (χ0n) is 15.0. The Morgan fingerprint density at radius 1 is 1.29 bits per heavy atom. The van der Waals surface area contributed by atoms with Crippen molar-refractivity contribution in [2.75, 3.05) is 11.1 Å². The SMILES string of the molecule is C=CCSc1nnc(NC(=O)c2nn(-c3ccc(F)cc3)c3c2CCCC3)s1. The van der Waals surface area contributed by atoms with Crippen molar-refractivity contribution in [3.63, 3.8) is 0 Å². The molecule has 1 aliphatic carbocycles. The highest BCUT2D eigenvalue weighted by molar-refractivity contribution is 8.01. The second-order valence-electron chi connectivity index (χ2n) is 6.30. The summed E-state index contributed by atoms with van der Waals surface area (Å²) in [5.41, 5.74) is 3.12. The fourth-order valence-corrected chi connectivity index (χ4v) is 4.69. The van der Waals surface area contributed by atoms with Gasteiger partial charge in [0.2, 0.25) is 5.13 Å². The molecular weight excluding hydrogens is 397 g/mol. The maximum atomic E-state index is 13.3. The van der Waals surface area contributed by atoms with Gasteiger partial charge in [-0.3, -0.25) is 10.1 Å². The maximum Gasteiger partial charge on any atom is 0.278 e. The van der Waals surface area contributed by atoms with Gasteiger partial charge in [0.05, 0.1) is 5.69 Å². The number of carbonyl (C=O) groups is 1. The minimum Gasteiger partial charge on any atom is -0.295 e. The van der Waals surface area contributed by atoms with Crippen molar-refractivity contribution in [3.8, 4) is 5.69 Å². The van der Waals surface area contributed by atoms with Crippen molar-refractivity contribution in [1.82, 2.24) is 20.0 Å². The molecule has 0 unspecified atom stereocenters. The zero-order valence-corrected chi connectivity index (χ0v) is 16.7. The summed E-state index contributed by atoms with van der Waals surface area (Å²) < 4.78 is 15.8. The molecule has 1 aromatic carbocycles. The van der Waals surface area contributed by atoms with E-state index >= 15 is 0 Å². The molecule has 0 radical (unpaired) electrons. The van der Waals surface area contributed by atoms with Crippen LogP contribution in [0.15, 0.2) is 41.3 Å². The molecule has 6 nitrogen and oxygen atoms in total. The number of nitrogens with zero attached hydrogens (tertiary/aromatic N) is 4. The lowest BCUT2D eigenvalue weighted by molar-refractivity contribution is 0.102. The van der Waals surface area contributed by atoms with E-state index in [-0.39, 0.29) is 11.7 Å². The number of rotatable bonds is 6. The summed E-state index contributed by atoms with van der Waals surface area (Å²) >= 11 is 2.84. The van der Waals surface area contributed by atoms with Gasteiger partial charge in [0.15, 0.2) is 10.0 Å². The summed E-state index contributed by atoms with van der Waals surface area (Å²) in [5.74, 6) is 0.137. The van der Waals surface area contributed by atoms with Gasteiger partial charge in [0.1, 0.15) is 5.82 Å². The Labute approximate surface area is 169 Å². The van der Waals surface area contributed by atoms with Crippen LogP contribution in [0, 0.1) is 5.82 Å². The van der Waals surface area contributed by atoms with Crippen LogP contribution >= 0.6 is 23.1 Å². The number of aromatic nitrogens is 4. The second kappa shape index (κ2) is 8.24. The Kier molecular flexibility index (Phi) is 5.54. The highest BCUT2D eigenvalue weighted by atomic mass is 32.2. The van der Waals surface area contributed by atoms with Crippen molar-refractivity contribution >= 4 is 34.1 Å². The van der Waals surface area contributed by atoms with E-state index in [0.717, 1.165) is 52.7 Å². The lowest BCUT2D eigenvalue weighted by Gasteiger charge is -2.14. The smallest absolute Gasteiger partial charge is 0.278 e. The quantitative estimate of drug-likeness (QED) is 0.370. The van der Waals surface area contributed by atoms with Crippen LogP contribution < -0.4 is 5.32 Å². The monoisotopic (exact) mass is 415 g/mol. The van der Waals surface area contributed by atoms with Gasteiger partial charge in [0.25, 0.3) is 5.91 Å². The first-order valence-electron chi connectivity index (χ1n) is 8.91. The van der Waals surface area contributed by atoms with Crippen LogP contribution in [0.25, 0.3) is 5.69 Å². The highest BCUT2D eigenvalue weighted by Gasteiger charge is 2.26. The topological polar surface area (TPSA) is 72.7 Å². The van der Waals surface area contributed by atoms with Crippen LogP contribution in [-0.4, -0.2) is 31.6 Å². The Morgan fingerprint density at radius 2 is 2.07 bits per heavy atom. The van der Waals surface area contributed by atoms with Crippen LogP contribution in [0.3, 0.4) is 0 Å². The lowest BCUT2D eigenvalue weighted by Crippen LogP contribution is -2.15. The predicted octanol–water partition coefficient (Wildman–Crippen LogP) is 4.27. The van der Waals surface area contributed by atoms with Crippen LogP contribution in [0.2, 0.25) is 0 Å². The molecule has 2 heterocycles. The summed E-state index contributed by atoms with van der Waals surface area (Å²) in [4.78, 5) is 12.9. The minimum absolute atomic E-state index is 0.296. The molecule has 3 aromatic rings. The summed E-state index contributed by atoms with van der Waals surface area (Å²) in [6.07, 6.45) is 5.49. The Morgan fingerprint density at radius 3 is 2.86 bits per heavy atom. The molecule has 1 aliphatic rings. The van der Waals surface area contributed by atoms with Gasteiger partial charge in [-0.05, 0) is 49.9 Å². The van der Waals surface area contributed by atoms with E-state index in [1.807, 2.05) is 0 Å².